The van der Waals surface area contributed by atoms with Gasteiger partial charge in [0.05, 0.1) is 18.2 Å². The Morgan fingerprint density at radius 3 is 2.71 bits per heavy atom. The van der Waals surface area contributed by atoms with Crippen LogP contribution in [0.4, 0.5) is 9.18 Å². The Hall–Kier alpha value is -1.22. The molecule has 0 fully saturated rings. The molecule has 0 aromatic rings. The van der Waals surface area contributed by atoms with Crippen molar-refractivity contribution in [2.75, 3.05) is 0 Å². The van der Waals surface area contributed by atoms with E-state index in [0.29, 0.717) is 10.9 Å². The molecular weight excluding hydrogens is 289 g/mol. The van der Waals surface area contributed by atoms with Crippen molar-refractivity contribution in [3.8, 4) is 6.07 Å². The van der Waals surface area contributed by atoms with E-state index in [0.717, 1.165) is 0 Å². The average Bonchev–Trinajstić information content (AvgIpc) is 2.26. The fraction of sp³-hybridized carbons (Fsp3) is 0.545. The number of hydrogen-bond donors (Lipinski definition) is 1. The van der Waals surface area contributed by atoms with Crippen LogP contribution in [0.5, 0.6) is 0 Å². The Labute approximate surface area is 109 Å². The molecule has 0 aliphatic rings. The van der Waals surface area contributed by atoms with E-state index >= 15 is 0 Å². The van der Waals surface area contributed by atoms with Crippen LogP contribution < -0.4 is 5.32 Å². The van der Waals surface area contributed by atoms with E-state index in [1.54, 1.807) is 13.8 Å². The highest BCUT2D eigenvalue weighted by molar-refractivity contribution is 9.11. The summed E-state index contributed by atoms with van der Waals surface area (Å²) in [5.74, 6) is -0.532. The highest BCUT2D eigenvalue weighted by atomic mass is 79.9. The van der Waals surface area contributed by atoms with E-state index in [1.165, 1.54) is 6.92 Å². The number of allylic oxidation sites excluding steroid dienone is 2. The van der Waals surface area contributed by atoms with Crippen molar-refractivity contribution in [1.29, 1.82) is 5.26 Å². The molecule has 0 radical (unpaired) electrons. The van der Waals surface area contributed by atoms with Crippen molar-refractivity contribution < 1.29 is 9.18 Å². The molecule has 1 unspecified atom stereocenters. The van der Waals surface area contributed by atoms with Gasteiger partial charge in [0, 0.05) is 10.5 Å². The molecule has 0 aliphatic carbocycles. The first kappa shape index (κ1) is 15.8. The Bertz CT molecular complexity index is 385. The van der Waals surface area contributed by atoms with Gasteiger partial charge in [-0.3, -0.25) is 0 Å². The topological polar surface area (TPSA) is 65.2 Å². The molecule has 6 heteroatoms. The Balaban J connectivity index is 4.60. The third-order valence-electron chi connectivity index (χ3n) is 1.90. The normalized spacial score (nSPS) is 14.7. The van der Waals surface area contributed by atoms with E-state index in [4.69, 9.17) is 5.26 Å². The SMILES string of the molecule is CC/C(Br)=C(/F)C(C)=NC(=O)NC(C)CC#N. The van der Waals surface area contributed by atoms with Gasteiger partial charge in [-0.15, -0.1) is 0 Å². The van der Waals surface area contributed by atoms with E-state index in [2.05, 4.69) is 26.2 Å². The minimum atomic E-state index is -0.642. The van der Waals surface area contributed by atoms with Crippen molar-refractivity contribution in [3.05, 3.63) is 10.3 Å². The molecule has 1 N–H and O–H groups in total. The molecule has 0 saturated carbocycles. The second-order valence-electron chi connectivity index (χ2n) is 3.48. The number of nitriles is 1. The summed E-state index contributed by atoms with van der Waals surface area (Å²) in [5, 5.41) is 10.9. The summed E-state index contributed by atoms with van der Waals surface area (Å²) in [6, 6.07) is 0.980. The molecular formula is C11H15BrFN3O. The van der Waals surface area contributed by atoms with E-state index < -0.39 is 11.9 Å². The van der Waals surface area contributed by atoms with Crippen molar-refractivity contribution in [3.63, 3.8) is 0 Å². The lowest BCUT2D eigenvalue weighted by Gasteiger charge is -2.07. The molecule has 1 atom stereocenters. The van der Waals surface area contributed by atoms with Gasteiger partial charge in [-0.25, -0.2) is 9.18 Å². The smallest absolute Gasteiger partial charge is 0.333 e. The van der Waals surface area contributed by atoms with Gasteiger partial charge in [0.25, 0.3) is 0 Å². The van der Waals surface area contributed by atoms with Crippen LogP contribution in [0.1, 0.15) is 33.6 Å². The standard InChI is InChI=1S/C11H15BrFN3O/c1-4-9(12)10(13)8(3)16-11(17)15-7(2)5-6-14/h7H,4-5H2,1-3H3,(H,15,17)/b10-9-,16-8?. The van der Waals surface area contributed by atoms with Gasteiger partial charge < -0.3 is 5.32 Å². The lowest BCUT2D eigenvalue weighted by molar-refractivity contribution is 0.246. The van der Waals surface area contributed by atoms with Crippen molar-refractivity contribution in [1.82, 2.24) is 5.32 Å². The van der Waals surface area contributed by atoms with Gasteiger partial charge in [-0.1, -0.05) is 22.9 Å². The van der Waals surface area contributed by atoms with Crippen LogP contribution >= 0.6 is 15.9 Å². The van der Waals surface area contributed by atoms with Crippen molar-refractivity contribution >= 4 is 27.7 Å². The quantitative estimate of drug-likeness (QED) is 0.808. The monoisotopic (exact) mass is 303 g/mol. The summed E-state index contributed by atoms with van der Waals surface area (Å²) in [6.45, 7) is 4.88. The third kappa shape index (κ3) is 6.17. The number of hydrogen-bond acceptors (Lipinski definition) is 2. The van der Waals surface area contributed by atoms with Crippen molar-refractivity contribution in [2.45, 2.75) is 39.7 Å². The Morgan fingerprint density at radius 2 is 2.24 bits per heavy atom. The van der Waals surface area contributed by atoms with Crippen LogP contribution in [0.3, 0.4) is 0 Å². The summed E-state index contributed by atoms with van der Waals surface area (Å²) in [4.78, 5) is 14.9. The van der Waals surface area contributed by atoms with Gasteiger partial charge in [0.2, 0.25) is 0 Å². The lowest BCUT2D eigenvalue weighted by Crippen LogP contribution is -2.30. The van der Waals surface area contributed by atoms with Crippen molar-refractivity contribution in [2.24, 2.45) is 4.99 Å². The van der Waals surface area contributed by atoms with Gasteiger partial charge >= 0.3 is 6.03 Å². The minimum absolute atomic E-state index is 0.0142. The molecule has 17 heavy (non-hydrogen) atoms. The summed E-state index contributed by atoms with van der Waals surface area (Å²) >= 11 is 3.06. The zero-order chi connectivity index (χ0) is 13.4. The molecule has 0 aromatic carbocycles. The summed E-state index contributed by atoms with van der Waals surface area (Å²) in [6.07, 6.45) is 0.683. The molecule has 0 rings (SSSR count). The molecule has 0 bridgehead atoms. The number of amides is 2. The van der Waals surface area contributed by atoms with E-state index in [-0.39, 0.29) is 18.2 Å². The van der Waals surface area contributed by atoms with Crippen LogP contribution in [0, 0.1) is 11.3 Å². The number of rotatable bonds is 4. The van der Waals surface area contributed by atoms with Gasteiger partial charge in [-0.2, -0.15) is 10.3 Å². The summed E-state index contributed by atoms with van der Waals surface area (Å²) < 4.78 is 13.9. The fourth-order valence-corrected chi connectivity index (χ4v) is 1.27. The number of nitrogens with one attached hydrogen (secondary N) is 1. The second kappa shape index (κ2) is 7.96. The van der Waals surface area contributed by atoms with Crippen LogP contribution in [0.25, 0.3) is 0 Å². The zero-order valence-corrected chi connectivity index (χ0v) is 11.6. The predicted octanol–water partition coefficient (Wildman–Crippen LogP) is 3.45. The fourth-order valence-electron chi connectivity index (χ4n) is 0.984. The molecule has 0 heterocycles. The number of halogens is 2. The highest BCUT2D eigenvalue weighted by Gasteiger charge is 2.10. The van der Waals surface area contributed by atoms with Gasteiger partial charge in [-0.05, 0) is 20.3 Å². The van der Waals surface area contributed by atoms with Crippen LogP contribution in [0.15, 0.2) is 15.3 Å². The number of nitrogens with zero attached hydrogens (tertiary/aromatic N) is 2. The Morgan fingerprint density at radius 1 is 1.65 bits per heavy atom. The maximum absolute atomic E-state index is 13.5. The number of carbonyl (C=O) groups is 1. The van der Waals surface area contributed by atoms with Gasteiger partial charge in [0.15, 0.2) is 5.83 Å². The second-order valence-corrected chi connectivity index (χ2v) is 4.44. The third-order valence-corrected chi connectivity index (χ3v) is 2.81. The van der Waals surface area contributed by atoms with Gasteiger partial charge in [0.1, 0.15) is 0 Å². The minimum Gasteiger partial charge on any atom is -0.333 e. The van der Waals surface area contributed by atoms with E-state index in [9.17, 15) is 9.18 Å². The maximum atomic E-state index is 13.5. The lowest BCUT2D eigenvalue weighted by atomic mass is 10.2. The van der Waals surface area contributed by atoms with E-state index in [1.807, 2.05) is 6.07 Å². The largest absolute Gasteiger partial charge is 0.341 e. The molecule has 0 aromatic heterocycles. The molecule has 4 nitrogen and oxygen atoms in total. The highest BCUT2D eigenvalue weighted by Crippen LogP contribution is 2.18. The van der Waals surface area contributed by atoms with Crippen LogP contribution in [-0.4, -0.2) is 17.8 Å². The number of urea groups is 1. The molecule has 2 amide bonds. The molecule has 0 aliphatic heterocycles. The number of carbonyl (C=O) groups excluding carboxylic acids is 1. The molecule has 94 valence electrons. The molecule has 0 spiro atoms. The van der Waals surface area contributed by atoms with Crippen LogP contribution in [0.2, 0.25) is 0 Å². The Kier molecular flexibility index (Phi) is 7.39. The first-order chi connectivity index (χ1) is 7.92. The summed E-state index contributed by atoms with van der Waals surface area (Å²) in [5.41, 5.74) is 0.0142. The first-order valence-electron chi connectivity index (χ1n) is 5.19. The first-order valence-corrected chi connectivity index (χ1v) is 5.98. The zero-order valence-electron chi connectivity index (χ0n) is 10.1. The molecule has 0 saturated heterocycles. The number of aliphatic imine (C=N–C) groups is 1. The summed E-state index contributed by atoms with van der Waals surface area (Å²) in [7, 11) is 0. The maximum Gasteiger partial charge on any atom is 0.341 e. The average molecular weight is 304 g/mol. The predicted molar refractivity (Wildman–Crippen MR) is 68.7 cm³/mol. The van der Waals surface area contributed by atoms with Crippen LogP contribution in [-0.2, 0) is 0 Å².